The van der Waals surface area contributed by atoms with Crippen LogP contribution in [0.3, 0.4) is 0 Å². The maximum Gasteiger partial charge on any atom is 0.338 e. The zero-order chi connectivity index (χ0) is 17.0. The van der Waals surface area contributed by atoms with Crippen molar-refractivity contribution in [2.24, 2.45) is 5.92 Å². The number of hydrogen-bond acceptors (Lipinski definition) is 3. The molecule has 0 spiro atoms. The fourth-order valence-electron chi connectivity index (χ4n) is 2.74. The van der Waals surface area contributed by atoms with E-state index in [2.05, 4.69) is 5.32 Å². The summed E-state index contributed by atoms with van der Waals surface area (Å²) >= 11 is 0. The molecule has 1 aliphatic heterocycles. The zero-order valence-corrected chi connectivity index (χ0v) is 14.1. The molecule has 1 atom stereocenters. The first-order valence-electron chi connectivity index (χ1n) is 7.96. The monoisotopic (exact) mass is 316 g/mol. The molecule has 0 saturated carbocycles. The Bertz CT molecular complexity index is 608. The van der Waals surface area contributed by atoms with Gasteiger partial charge in [-0.15, -0.1) is 0 Å². The molecule has 124 valence electrons. The van der Waals surface area contributed by atoms with Crippen molar-refractivity contribution in [3.8, 4) is 0 Å². The van der Waals surface area contributed by atoms with Gasteiger partial charge in [-0.2, -0.15) is 0 Å². The summed E-state index contributed by atoms with van der Waals surface area (Å²) in [4.78, 5) is 26.6. The average molecular weight is 316 g/mol. The Kier molecular flexibility index (Phi) is 5.42. The van der Waals surface area contributed by atoms with E-state index in [-0.39, 0.29) is 12.0 Å². The number of nitrogens with one attached hydrogen (secondary N) is 1. The predicted molar refractivity (Wildman–Crippen MR) is 88.6 cm³/mol. The SMILES string of the molecule is CCOC(=O)C1=C(C)N(CC(C)C)C(=O)NC1c1ccccc1. The van der Waals surface area contributed by atoms with Crippen molar-refractivity contribution in [3.63, 3.8) is 0 Å². The van der Waals surface area contributed by atoms with Crippen LogP contribution in [-0.4, -0.2) is 30.1 Å². The highest BCUT2D eigenvalue weighted by Crippen LogP contribution is 2.31. The van der Waals surface area contributed by atoms with Crippen molar-refractivity contribution >= 4 is 12.0 Å². The number of rotatable bonds is 5. The maximum atomic E-state index is 12.5. The van der Waals surface area contributed by atoms with Gasteiger partial charge in [0.15, 0.2) is 0 Å². The molecule has 0 fully saturated rings. The van der Waals surface area contributed by atoms with E-state index >= 15 is 0 Å². The highest BCUT2D eigenvalue weighted by molar-refractivity contribution is 5.95. The van der Waals surface area contributed by atoms with Crippen LogP contribution in [0.5, 0.6) is 0 Å². The Morgan fingerprint density at radius 3 is 2.52 bits per heavy atom. The Labute approximate surface area is 137 Å². The van der Waals surface area contributed by atoms with Crippen LogP contribution < -0.4 is 5.32 Å². The molecule has 0 saturated heterocycles. The number of hydrogen-bond donors (Lipinski definition) is 1. The van der Waals surface area contributed by atoms with Gasteiger partial charge in [-0.05, 0) is 25.3 Å². The normalized spacial score (nSPS) is 18.2. The van der Waals surface area contributed by atoms with E-state index in [1.54, 1.807) is 11.8 Å². The van der Waals surface area contributed by atoms with Crippen LogP contribution in [-0.2, 0) is 9.53 Å². The van der Waals surface area contributed by atoms with Crippen molar-refractivity contribution in [3.05, 3.63) is 47.2 Å². The molecule has 0 bridgehead atoms. The van der Waals surface area contributed by atoms with E-state index in [9.17, 15) is 9.59 Å². The van der Waals surface area contributed by atoms with Crippen molar-refractivity contribution in [2.45, 2.75) is 33.7 Å². The van der Waals surface area contributed by atoms with Crippen LogP contribution in [0.1, 0.15) is 39.3 Å². The molecule has 1 aromatic carbocycles. The third kappa shape index (κ3) is 3.73. The second-order valence-electron chi connectivity index (χ2n) is 6.02. The topological polar surface area (TPSA) is 58.6 Å². The molecule has 0 aromatic heterocycles. The number of carbonyl (C=O) groups is 2. The molecule has 1 aromatic rings. The Hall–Kier alpha value is -2.30. The standard InChI is InChI=1S/C18H24N2O3/c1-5-23-17(21)15-13(4)20(11-12(2)3)18(22)19-16(15)14-9-7-6-8-10-14/h6-10,12,16H,5,11H2,1-4H3,(H,19,22). The number of urea groups is 1. The molecule has 0 aliphatic carbocycles. The Morgan fingerprint density at radius 1 is 1.30 bits per heavy atom. The molecule has 5 nitrogen and oxygen atoms in total. The molecule has 1 heterocycles. The van der Waals surface area contributed by atoms with Crippen LogP contribution in [0.4, 0.5) is 4.79 Å². The van der Waals surface area contributed by atoms with Crippen LogP contribution in [0, 0.1) is 5.92 Å². The number of nitrogens with zero attached hydrogens (tertiary/aromatic N) is 1. The minimum absolute atomic E-state index is 0.182. The van der Waals surface area contributed by atoms with Crippen molar-refractivity contribution in [2.75, 3.05) is 13.2 Å². The number of ether oxygens (including phenoxy) is 1. The minimum atomic E-state index is -0.480. The quantitative estimate of drug-likeness (QED) is 0.848. The van der Waals surface area contributed by atoms with Gasteiger partial charge < -0.3 is 10.1 Å². The van der Waals surface area contributed by atoms with E-state index in [4.69, 9.17) is 4.74 Å². The summed E-state index contributed by atoms with van der Waals surface area (Å²) < 4.78 is 5.22. The number of amides is 2. The molecule has 1 aliphatic rings. The van der Waals surface area contributed by atoms with E-state index < -0.39 is 6.04 Å². The van der Waals surface area contributed by atoms with Gasteiger partial charge in [0.2, 0.25) is 0 Å². The van der Waals surface area contributed by atoms with Gasteiger partial charge in [0.05, 0.1) is 18.2 Å². The highest BCUT2D eigenvalue weighted by atomic mass is 16.5. The molecule has 23 heavy (non-hydrogen) atoms. The fraction of sp³-hybridized carbons (Fsp3) is 0.444. The first-order chi connectivity index (χ1) is 11.0. The van der Waals surface area contributed by atoms with E-state index in [1.165, 1.54) is 0 Å². The molecule has 5 heteroatoms. The molecule has 0 radical (unpaired) electrons. The van der Waals surface area contributed by atoms with Gasteiger partial charge in [-0.25, -0.2) is 9.59 Å². The van der Waals surface area contributed by atoms with Gasteiger partial charge in [0.25, 0.3) is 0 Å². The number of allylic oxidation sites excluding steroid dienone is 1. The fourth-order valence-corrected chi connectivity index (χ4v) is 2.74. The van der Waals surface area contributed by atoms with Crippen molar-refractivity contribution in [1.29, 1.82) is 0 Å². The minimum Gasteiger partial charge on any atom is -0.463 e. The lowest BCUT2D eigenvalue weighted by atomic mass is 9.94. The van der Waals surface area contributed by atoms with Gasteiger partial charge in [-0.1, -0.05) is 44.2 Å². The highest BCUT2D eigenvalue weighted by Gasteiger charge is 2.36. The van der Waals surface area contributed by atoms with Crippen LogP contribution in [0.25, 0.3) is 0 Å². The summed E-state index contributed by atoms with van der Waals surface area (Å²) in [5.74, 6) is -0.0833. The van der Waals surface area contributed by atoms with Gasteiger partial charge >= 0.3 is 12.0 Å². The first kappa shape index (κ1) is 17.1. The third-order valence-corrected chi connectivity index (χ3v) is 3.77. The van der Waals surface area contributed by atoms with Crippen LogP contribution in [0.15, 0.2) is 41.6 Å². The van der Waals surface area contributed by atoms with Crippen LogP contribution >= 0.6 is 0 Å². The average Bonchev–Trinajstić information content (AvgIpc) is 2.51. The maximum absolute atomic E-state index is 12.5. The summed E-state index contributed by atoms with van der Waals surface area (Å²) in [6, 6.07) is 8.81. The van der Waals surface area contributed by atoms with Crippen LogP contribution in [0.2, 0.25) is 0 Å². The lowest BCUT2D eigenvalue weighted by Gasteiger charge is -2.36. The molecular formula is C18H24N2O3. The molecule has 1 N–H and O–H groups in total. The summed E-state index contributed by atoms with van der Waals surface area (Å²) in [6.45, 7) is 8.51. The summed E-state index contributed by atoms with van der Waals surface area (Å²) in [7, 11) is 0. The Morgan fingerprint density at radius 2 is 1.96 bits per heavy atom. The summed E-state index contributed by atoms with van der Waals surface area (Å²) in [5.41, 5.74) is 2.03. The van der Waals surface area contributed by atoms with Crippen molar-refractivity contribution < 1.29 is 14.3 Å². The molecule has 2 rings (SSSR count). The second-order valence-corrected chi connectivity index (χ2v) is 6.02. The van der Waals surface area contributed by atoms with E-state index in [0.717, 1.165) is 5.56 Å². The summed E-state index contributed by atoms with van der Waals surface area (Å²) in [5, 5.41) is 2.94. The Balaban J connectivity index is 2.48. The van der Waals surface area contributed by atoms with Gasteiger partial charge in [-0.3, -0.25) is 4.90 Å². The lowest BCUT2D eigenvalue weighted by Crippen LogP contribution is -2.49. The molecular weight excluding hydrogens is 292 g/mol. The second kappa shape index (κ2) is 7.31. The first-order valence-corrected chi connectivity index (χ1v) is 7.96. The van der Waals surface area contributed by atoms with E-state index in [0.29, 0.717) is 30.3 Å². The number of esters is 1. The lowest BCUT2D eigenvalue weighted by molar-refractivity contribution is -0.139. The number of carbonyl (C=O) groups excluding carboxylic acids is 2. The largest absolute Gasteiger partial charge is 0.463 e. The number of benzene rings is 1. The predicted octanol–water partition coefficient (Wildman–Crippen LogP) is 3.25. The molecule has 1 unspecified atom stereocenters. The summed E-state index contributed by atoms with van der Waals surface area (Å²) in [6.07, 6.45) is 0. The van der Waals surface area contributed by atoms with E-state index in [1.807, 2.05) is 51.1 Å². The smallest absolute Gasteiger partial charge is 0.338 e. The third-order valence-electron chi connectivity index (χ3n) is 3.77. The van der Waals surface area contributed by atoms with Crippen molar-refractivity contribution in [1.82, 2.24) is 10.2 Å². The van der Waals surface area contributed by atoms with Gasteiger partial charge in [0.1, 0.15) is 0 Å². The molecule has 2 amide bonds. The zero-order valence-electron chi connectivity index (χ0n) is 14.1. The van der Waals surface area contributed by atoms with Gasteiger partial charge in [0, 0.05) is 12.2 Å².